The van der Waals surface area contributed by atoms with Crippen LogP contribution < -0.4 is 17.7 Å². The van der Waals surface area contributed by atoms with Crippen LogP contribution in [0, 0.1) is 0 Å². The number of hydrogen-bond acceptors (Lipinski definition) is 3. The molecule has 3 aromatic carbocycles. The van der Waals surface area contributed by atoms with E-state index in [1.165, 1.54) is 11.1 Å². The van der Waals surface area contributed by atoms with Gasteiger partial charge in [-0.3, -0.25) is 0 Å². The molecule has 3 unspecified atom stereocenters. The average Bonchev–Trinajstić information content (AvgIpc) is 3.06. The van der Waals surface area contributed by atoms with E-state index >= 15 is 0 Å². The first-order valence-corrected chi connectivity index (χ1v) is 9.73. The Morgan fingerprint density at radius 3 is 1.90 bits per heavy atom. The number of rotatable bonds is 6. The molecule has 4 nitrogen and oxygen atoms in total. The maximum atomic E-state index is 11.0. The predicted octanol–water partition coefficient (Wildman–Crippen LogP) is -0.445. The maximum Gasteiger partial charge on any atom is 0.130 e. The summed E-state index contributed by atoms with van der Waals surface area (Å²) < 4.78 is 0. The zero-order valence-corrected chi connectivity index (χ0v) is 17.0. The third-order valence-corrected chi connectivity index (χ3v) is 5.75. The number of phenolic OH excluding ortho intramolecular Hbond substituents is 1. The van der Waals surface area contributed by atoms with Gasteiger partial charge in [0, 0.05) is 5.92 Å². The van der Waals surface area contributed by atoms with Gasteiger partial charge >= 0.3 is 0 Å². The van der Waals surface area contributed by atoms with Gasteiger partial charge in [-0.25, -0.2) is 0 Å². The molecule has 3 aromatic rings. The normalized spacial score (nSPS) is 15.7. The lowest BCUT2D eigenvalue weighted by Gasteiger charge is -2.23. The van der Waals surface area contributed by atoms with Crippen LogP contribution in [-0.2, 0) is 0 Å². The van der Waals surface area contributed by atoms with Gasteiger partial charge in [-0.1, -0.05) is 60.7 Å². The summed E-state index contributed by atoms with van der Waals surface area (Å²) in [5.41, 5.74) is 5.47. The third kappa shape index (κ3) is 4.16. The van der Waals surface area contributed by atoms with E-state index in [2.05, 4.69) is 24.3 Å². The molecule has 1 aliphatic rings. The molecule has 152 valence electrons. The summed E-state index contributed by atoms with van der Waals surface area (Å²) in [5.74, 6) is 0.128. The van der Waals surface area contributed by atoms with Crippen LogP contribution in [0.5, 0.6) is 5.75 Å². The molecule has 3 atom stereocenters. The van der Waals surface area contributed by atoms with Gasteiger partial charge in [0.05, 0.1) is 0 Å². The Labute approximate surface area is 177 Å². The molecule has 0 spiro atoms. The van der Waals surface area contributed by atoms with Gasteiger partial charge in [0.2, 0.25) is 0 Å². The Bertz CT molecular complexity index is 915. The average molecular weight is 412 g/mol. The van der Waals surface area contributed by atoms with Crippen molar-refractivity contribution in [2.45, 2.75) is 31.1 Å². The lowest BCUT2D eigenvalue weighted by molar-refractivity contribution is -0.699. The van der Waals surface area contributed by atoms with E-state index in [0.717, 1.165) is 16.7 Å². The molecule has 5 heteroatoms. The monoisotopic (exact) mass is 411 g/mol. The Morgan fingerprint density at radius 2 is 1.34 bits per heavy atom. The molecule has 0 aliphatic heterocycles. The van der Waals surface area contributed by atoms with Gasteiger partial charge in [-0.05, 0) is 46.9 Å². The van der Waals surface area contributed by atoms with Crippen molar-refractivity contribution in [3.63, 3.8) is 0 Å². The SMILES string of the molecule is CC([NH2+]CC(O)C1c2ccccc2-c2ccccc21)C(O)c1ccc(O)cc1.[Cl-]. The van der Waals surface area contributed by atoms with Crippen LogP contribution in [0.3, 0.4) is 0 Å². The molecule has 0 amide bonds. The molecule has 0 aromatic heterocycles. The van der Waals surface area contributed by atoms with Crippen molar-refractivity contribution in [1.82, 2.24) is 0 Å². The molecule has 4 rings (SSSR count). The molecule has 0 fully saturated rings. The minimum atomic E-state index is -0.670. The van der Waals surface area contributed by atoms with Crippen LogP contribution in [0.15, 0.2) is 72.8 Å². The van der Waals surface area contributed by atoms with Gasteiger partial charge in [0.25, 0.3) is 0 Å². The van der Waals surface area contributed by atoms with E-state index < -0.39 is 12.2 Å². The molecule has 0 saturated carbocycles. The summed E-state index contributed by atoms with van der Waals surface area (Å²) >= 11 is 0. The zero-order valence-electron chi connectivity index (χ0n) is 16.2. The van der Waals surface area contributed by atoms with Crippen molar-refractivity contribution in [2.24, 2.45) is 0 Å². The van der Waals surface area contributed by atoms with Crippen LogP contribution in [0.1, 0.15) is 35.6 Å². The summed E-state index contributed by atoms with van der Waals surface area (Å²) in [6.07, 6.45) is -1.23. The second-order valence-corrected chi connectivity index (χ2v) is 7.59. The van der Waals surface area contributed by atoms with Crippen molar-refractivity contribution in [3.8, 4) is 16.9 Å². The Balaban J connectivity index is 0.00000240. The highest BCUT2D eigenvalue weighted by Crippen LogP contribution is 2.45. The third-order valence-electron chi connectivity index (χ3n) is 5.75. The highest BCUT2D eigenvalue weighted by atomic mass is 35.5. The largest absolute Gasteiger partial charge is 1.00 e. The molecule has 5 N–H and O–H groups in total. The van der Waals surface area contributed by atoms with Gasteiger partial charge in [0.1, 0.15) is 30.5 Å². The van der Waals surface area contributed by atoms with Crippen molar-refractivity contribution in [2.75, 3.05) is 6.54 Å². The fourth-order valence-corrected chi connectivity index (χ4v) is 4.20. The molecule has 0 saturated heterocycles. The van der Waals surface area contributed by atoms with Crippen molar-refractivity contribution >= 4 is 0 Å². The number of aliphatic hydroxyl groups excluding tert-OH is 2. The van der Waals surface area contributed by atoms with Gasteiger partial charge in [0.15, 0.2) is 0 Å². The standard InChI is InChI=1S/C24H25NO3.ClH/c1-15(24(28)16-10-12-17(26)13-11-16)25-14-22(27)23-20-8-4-2-6-18(20)19-7-3-5-9-21(19)23;/h2-13,15,22-28H,14H2,1H3;1H. The number of phenols is 1. The molecule has 0 bridgehead atoms. The Kier molecular flexibility index (Phi) is 6.60. The number of halogens is 1. The number of fused-ring (bicyclic) bond motifs is 3. The van der Waals surface area contributed by atoms with Crippen LogP contribution in [0.25, 0.3) is 11.1 Å². The van der Waals surface area contributed by atoms with Crippen LogP contribution in [0.4, 0.5) is 0 Å². The number of aliphatic hydroxyl groups is 2. The zero-order chi connectivity index (χ0) is 19.7. The summed E-state index contributed by atoms with van der Waals surface area (Å²) in [6, 6.07) is 23.0. The summed E-state index contributed by atoms with van der Waals surface area (Å²) in [7, 11) is 0. The van der Waals surface area contributed by atoms with Crippen LogP contribution in [-0.4, -0.2) is 34.0 Å². The fraction of sp³-hybridized carbons (Fsp3) is 0.250. The molecule has 0 radical (unpaired) electrons. The smallest absolute Gasteiger partial charge is 0.130 e. The number of nitrogens with two attached hydrogens (primary N) is 1. The molecule has 0 heterocycles. The first-order valence-electron chi connectivity index (χ1n) is 9.73. The minimum Gasteiger partial charge on any atom is -1.00 e. The number of benzene rings is 3. The summed E-state index contributed by atoms with van der Waals surface area (Å²) in [5, 5.41) is 33.0. The van der Waals surface area contributed by atoms with Crippen molar-refractivity contribution in [3.05, 3.63) is 89.5 Å². The molecule has 29 heavy (non-hydrogen) atoms. The van der Waals surface area contributed by atoms with Crippen LogP contribution >= 0.6 is 0 Å². The Hall–Kier alpha value is -2.37. The number of aromatic hydroxyl groups is 1. The lowest BCUT2D eigenvalue weighted by Crippen LogP contribution is -3.00. The summed E-state index contributed by atoms with van der Waals surface area (Å²) in [4.78, 5) is 0. The van der Waals surface area contributed by atoms with E-state index in [4.69, 9.17) is 0 Å². The lowest BCUT2D eigenvalue weighted by atomic mass is 9.91. The number of hydrogen-bond donors (Lipinski definition) is 4. The molecular weight excluding hydrogens is 386 g/mol. The van der Waals surface area contributed by atoms with E-state index in [0.29, 0.717) is 6.54 Å². The summed E-state index contributed by atoms with van der Waals surface area (Å²) in [6.45, 7) is 2.43. The highest BCUT2D eigenvalue weighted by Gasteiger charge is 2.34. The van der Waals surface area contributed by atoms with E-state index in [1.54, 1.807) is 24.3 Å². The first-order chi connectivity index (χ1) is 13.6. The second kappa shape index (κ2) is 8.97. The molecular formula is C24H26ClNO3. The van der Waals surface area contributed by atoms with Crippen LogP contribution in [0.2, 0.25) is 0 Å². The second-order valence-electron chi connectivity index (χ2n) is 7.59. The van der Waals surface area contributed by atoms with E-state index in [9.17, 15) is 15.3 Å². The Morgan fingerprint density at radius 1 is 0.828 bits per heavy atom. The fourth-order valence-electron chi connectivity index (χ4n) is 4.20. The van der Waals surface area contributed by atoms with Gasteiger partial charge in [-0.15, -0.1) is 0 Å². The maximum absolute atomic E-state index is 11.0. The first kappa shape index (κ1) is 21.3. The quantitative estimate of drug-likeness (QED) is 0.444. The van der Waals surface area contributed by atoms with E-state index in [1.807, 2.05) is 36.5 Å². The number of quaternary nitrogens is 1. The predicted molar refractivity (Wildman–Crippen MR) is 109 cm³/mol. The topological polar surface area (TPSA) is 77.3 Å². The van der Waals surface area contributed by atoms with Gasteiger partial charge in [-0.2, -0.15) is 0 Å². The van der Waals surface area contributed by atoms with Gasteiger partial charge < -0.3 is 33.0 Å². The van der Waals surface area contributed by atoms with E-state index in [-0.39, 0.29) is 30.1 Å². The molecule has 1 aliphatic carbocycles. The minimum absolute atomic E-state index is 0. The van der Waals surface area contributed by atoms with Crippen molar-refractivity contribution in [1.29, 1.82) is 0 Å². The highest BCUT2D eigenvalue weighted by molar-refractivity contribution is 5.79. The van der Waals surface area contributed by atoms with Crippen molar-refractivity contribution < 1.29 is 33.0 Å².